The Bertz CT molecular complexity index is 625. The Morgan fingerprint density at radius 2 is 2.21 bits per heavy atom. The van der Waals surface area contributed by atoms with E-state index in [1.807, 2.05) is 24.3 Å². The Balaban J connectivity index is 2.18. The van der Waals surface area contributed by atoms with E-state index >= 15 is 0 Å². The molecule has 0 saturated heterocycles. The van der Waals surface area contributed by atoms with E-state index in [9.17, 15) is 9.90 Å². The molecule has 3 nitrogen and oxygen atoms in total. The van der Waals surface area contributed by atoms with Crippen LogP contribution in [-0.4, -0.2) is 17.6 Å². The second kappa shape index (κ2) is 6.37. The van der Waals surface area contributed by atoms with Crippen molar-refractivity contribution in [2.45, 2.75) is 19.4 Å². The highest BCUT2D eigenvalue weighted by atomic mass is 32.1. The van der Waals surface area contributed by atoms with Crippen molar-refractivity contribution in [1.29, 1.82) is 0 Å². The Morgan fingerprint density at radius 3 is 2.95 bits per heavy atom. The van der Waals surface area contributed by atoms with Gasteiger partial charge in [0.05, 0.1) is 0 Å². The number of fused-ring (bicyclic) bond motifs is 1. The third-order valence-corrected chi connectivity index (χ3v) is 4.07. The lowest BCUT2D eigenvalue weighted by Gasteiger charge is -2.04. The third kappa shape index (κ3) is 3.14. The van der Waals surface area contributed by atoms with Crippen LogP contribution < -0.4 is 5.32 Å². The molecule has 98 valence electrons. The molecule has 2 aromatic rings. The number of hydrogen-bond donors (Lipinski definition) is 2. The van der Waals surface area contributed by atoms with Crippen molar-refractivity contribution in [3.63, 3.8) is 0 Å². The summed E-state index contributed by atoms with van der Waals surface area (Å²) in [7, 11) is 0. The van der Waals surface area contributed by atoms with Crippen LogP contribution in [0.1, 0.15) is 28.1 Å². The number of carboxylic acid groups (broad SMARTS) is 1. The smallest absolute Gasteiger partial charge is 0.346 e. The quantitative estimate of drug-likeness (QED) is 0.628. The number of aromatic carboxylic acids is 1. The second-order valence-electron chi connectivity index (χ2n) is 4.20. The van der Waals surface area contributed by atoms with Crippen molar-refractivity contribution in [3.8, 4) is 12.3 Å². The van der Waals surface area contributed by atoms with Gasteiger partial charge < -0.3 is 10.4 Å². The number of unbranched alkanes of at least 4 members (excludes halogenated alkanes) is 1. The largest absolute Gasteiger partial charge is 0.477 e. The van der Waals surface area contributed by atoms with Crippen molar-refractivity contribution in [3.05, 3.63) is 34.7 Å². The molecule has 1 aromatic carbocycles. The molecular formula is C15H15NO2S. The molecule has 0 aliphatic carbocycles. The average molecular weight is 273 g/mol. The van der Waals surface area contributed by atoms with Gasteiger partial charge in [-0.3, -0.25) is 0 Å². The second-order valence-corrected chi connectivity index (χ2v) is 5.25. The van der Waals surface area contributed by atoms with Crippen LogP contribution >= 0.6 is 11.3 Å². The molecule has 0 unspecified atom stereocenters. The van der Waals surface area contributed by atoms with Crippen LogP contribution in [0.2, 0.25) is 0 Å². The molecule has 0 radical (unpaired) electrons. The summed E-state index contributed by atoms with van der Waals surface area (Å²) in [5.41, 5.74) is 0.869. The molecule has 1 aromatic heterocycles. The van der Waals surface area contributed by atoms with E-state index in [2.05, 4.69) is 11.2 Å². The van der Waals surface area contributed by atoms with E-state index in [-0.39, 0.29) is 0 Å². The maximum Gasteiger partial charge on any atom is 0.346 e. The van der Waals surface area contributed by atoms with E-state index in [1.165, 1.54) is 11.3 Å². The maximum absolute atomic E-state index is 11.3. The van der Waals surface area contributed by atoms with Gasteiger partial charge in [-0.05, 0) is 30.0 Å². The van der Waals surface area contributed by atoms with E-state index in [1.54, 1.807) is 0 Å². The number of carboxylic acids is 1. The summed E-state index contributed by atoms with van der Waals surface area (Å²) in [5, 5.41) is 13.5. The van der Waals surface area contributed by atoms with Crippen molar-refractivity contribution in [2.24, 2.45) is 0 Å². The highest BCUT2D eigenvalue weighted by Gasteiger charge is 2.16. The van der Waals surface area contributed by atoms with Crippen LogP contribution in [0.25, 0.3) is 10.1 Å². The first kappa shape index (κ1) is 13.6. The number of terminal acetylenes is 1. The molecule has 1 heterocycles. The Hall–Kier alpha value is -1.83. The summed E-state index contributed by atoms with van der Waals surface area (Å²) >= 11 is 1.33. The minimum absolute atomic E-state index is 0.422. The molecule has 0 fully saturated rings. The van der Waals surface area contributed by atoms with Gasteiger partial charge in [-0.15, -0.1) is 23.7 Å². The average Bonchev–Trinajstić information content (AvgIpc) is 2.78. The first-order valence-electron chi connectivity index (χ1n) is 6.12. The summed E-state index contributed by atoms with van der Waals surface area (Å²) in [6.07, 6.45) is 6.83. The molecule has 0 bridgehead atoms. The van der Waals surface area contributed by atoms with Gasteiger partial charge in [0.25, 0.3) is 0 Å². The number of hydrogen-bond acceptors (Lipinski definition) is 3. The van der Waals surface area contributed by atoms with Crippen molar-refractivity contribution in [2.75, 3.05) is 6.54 Å². The van der Waals surface area contributed by atoms with Crippen LogP contribution in [0.3, 0.4) is 0 Å². The zero-order valence-electron chi connectivity index (χ0n) is 10.5. The fraction of sp³-hybridized carbons (Fsp3) is 0.267. The predicted molar refractivity (Wildman–Crippen MR) is 78.6 cm³/mol. The number of thiophene rings is 1. The number of carbonyl (C=O) groups is 1. The number of nitrogens with one attached hydrogen (secondary N) is 1. The fourth-order valence-electron chi connectivity index (χ4n) is 1.98. The van der Waals surface area contributed by atoms with Crippen LogP contribution in [0.15, 0.2) is 24.3 Å². The van der Waals surface area contributed by atoms with Crippen molar-refractivity contribution >= 4 is 27.4 Å². The highest BCUT2D eigenvalue weighted by molar-refractivity contribution is 7.21. The third-order valence-electron chi connectivity index (χ3n) is 2.87. The summed E-state index contributed by atoms with van der Waals surface area (Å²) in [6, 6.07) is 7.78. The number of rotatable bonds is 6. The summed E-state index contributed by atoms with van der Waals surface area (Å²) in [4.78, 5) is 11.7. The summed E-state index contributed by atoms with van der Waals surface area (Å²) in [5.74, 6) is 1.73. The van der Waals surface area contributed by atoms with Gasteiger partial charge in [0, 0.05) is 17.7 Å². The van der Waals surface area contributed by atoms with Gasteiger partial charge in [-0.25, -0.2) is 4.79 Å². The molecule has 19 heavy (non-hydrogen) atoms. The van der Waals surface area contributed by atoms with Gasteiger partial charge in [-0.1, -0.05) is 18.2 Å². The molecule has 2 N–H and O–H groups in total. The molecular weight excluding hydrogens is 258 g/mol. The molecule has 0 spiro atoms. The molecule has 0 atom stereocenters. The van der Waals surface area contributed by atoms with Crippen LogP contribution in [0.5, 0.6) is 0 Å². The fourth-order valence-corrected chi connectivity index (χ4v) is 3.04. The molecule has 0 aliphatic rings. The first-order valence-corrected chi connectivity index (χ1v) is 6.93. The lowest BCUT2D eigenvalue weighted by atomic mass is 10.1. The standard InChI is InChI=1S/C15H15NO2S/c1-2-3-6-9-16-10-12-11-7-4-5-8-13(11)19-14(12)15(17)18/h1,4-5,7-8,16H,3,6,9-10H2,(H,17,18). The molecule has 0 saturated carbocycles. The molecule has 0 aliphatic heterocycles. The number of benzene rings is 1. The zero-order chi connectivity index (χ0) is 13.7. The van der Waals surface area contributed by atoms with E-state index in [0.29, 0.717) is 11.4 Å². The monoisotopic (exact) mass is 273 g/mol. The van der Waals surface area contributed by atoms with Crippen molar-refractivity contribution < 1.29 is 9.90 Å². The van der Waals surface area contributed by atoms with Crippen LogP contribution in [0.4, 0.5) is 0 Å². The van der Waals surface area contributed by atoms with Crippen LogP contribution in [-0.2, 0) is 6.54 Å². The minimum atomic E-state index is -0.860. The van der Waals surface area contributed by atoms with Gasteiger partial charge in [0.1, 0.15) is 4.88 Å². The Morgan fingerprint density at radius 1 is 1.42 bits per heavy atom. The van der Waals surface area contributed by atoms with Gasteiger partial charge in [0.2, 0.25) is 0 Å². The summed E-state index contributed by atoms with van der Waals surface area (Å²) < 4.78 is 1.01. The van der Waals surface area contributed by atoms with E-state index in [0.717, 1.165) is 35.0 Å². The van der Waals surface area contributed by atoms with Gasteiger partial charge in [0.15, 0.2) is 0 Å². The Kier molecular flexibility index (Phi) is 4.56. The van der Waals surface area contributed by atoms with E-state index < -0.39 is 5.97 Å². The van der Waals surface area contributed by atoms with Gasteiger partial charge >= 0.3 is 5.97 Å². The molecule has 2 rings (SSSR count). The predicted octanol–water partition coefficient (Wildman–Crippen LogP) is 3.10. The maximum atomic E-state index is 11.3. The Labute approximate surface area is 116 Å². The summed E-state index contributed by atoms with van der Waals surface area (Å²) in [6.45, 7) is 1.36. The molecule has 0 amide bonds. The van der Waals surface area contributed by atoms with Gasteiger partial charge in [-0.2, -0.15) is 0 Å². The topological polar surface area (TPSA) is 49.3 Å². The minimum Gasteiger partial charge on any atom is -0.477 e. The normalized spacial score (nSPS) is 10.5. The molecule has 4 heteroatoms. The first-order chi connectivity index (χ1) is 9.24. The SMILES string of the molecule is C#CCCCNCc1c(C(=O)O)sc2ccccc12. The highest BCUT2D eigenvalue weighted by Crippen LogP contribution is 2.31. The van der Waals surface area contributed by atoms with Crippen molar-refractivity contribution in [1.82, 2.24) is 5.32 Å². The lowest BCUT2D eigenvalue weighted by Crippen LogP contribution is -2.16. The zero-order valence-corrected chi connectivity index (χ0v) is 11.3. The lowest BCUT2D eigenvalue weighted by molar-refractivity contribution is 0.0701. The van der Waals surface area contributed by atoms with E-state index in [4.69, 9.17) is 6.42 Å². The van der Waals surface area contributed by atoms with Crippen LogP contribution in [0, 0.1) is 12.3 Å².